The third kappa shape index (κ3) is 1.01. The zero-order valence-corrected chi connectivity index (χ0v) is 7.79. The van der Waals surface area contributed by atoms with Crippen LogP contribution in [0.1, 0.15) is 32.1 Å². The lowest BCUT2D eigenvalue weighted by atomic mass is 10.0. The van der Waals surface area contributed by atoms with Gasteiger partial charge in [-0.2, -0.15) is 0 Å². The SMILES string of the molecule is O=S(=O)(Cl)[C@@]12CCCC[C@H]1C2. The molecule has 0 aromatic heterocycles. The number of rotatable bonds is 1. The van der Waals surface area contributed by atoms with E-state index < -0.39 is 13.8 Å². The zero-order chi connectivity index (χ0) is 8.11. The van der Waals surface area contributed by atoms with E-state index in [1.54, 1.807) is 0 Å². The van der Waals surface area contributed by atoms with Gasteiger partial charge in [-0.3, -0.25) is 0 Å². The fourth-order valence-corrected chi connectivity index (χ4v) is 4.37. The second-order valence-electron chi connectivity index (χ2n) is 3.65. The number of fused-ring (bicyclic) bond motifs is 1. The first-order valence-corrected chi connectivity index (χ1v) is 6.31. The maximum absolute atomic E-state index is 11.1. The molecule has 2 nitrogen and oxygen atoms in total. The molecule has 0 aliphatic heterocycles. The van der Waals surface area contributed by atoms with E-state index in [9.17, 15) is 8.42 Å². The van der Waals surface area contributed by atoms with E-state index in [1.807, 2.05) is 0 Å². The maximum atomic E-state index is 11.1. The molecule has 0 aromatic rings. The molecule has 11 heavy (non-hydrogen) atoms. The van der Waals surface area contributed by atoms with Gasteiger partial charge in [-0.1, -0.05) is 12.8 Å². The van der Waals surface area contributed by atoms with Crippen molar-refractivity contribution >= 4 is 19.7 Å². The highest BCUT2D eigenvalue weighted by Gasteiger charge is 2.63. The van der Waals surface area contributed by atoms with Crippen LogP contribution in [0.15, 0.2) is 0 Å². The third-order valence-electron chi connectivity index (χ3n) is 3.06. The minimum absolute atomic E-state index is 0.388. The lowest BCUT2D eigenvalue weighted by Gasteiger charge is -2.17. The summed E-state index contributed by atoms with van der Waals surface area (Å²) in [6.07, 6.45) is 4.88. The van der Waals surface area contributed by atoms with Crippen molar-refractivity contribution in [2.45, 2.75) is 36.9 Å². The molecule has 0 N–H and O–H groups in total. The van der Waals surface area contributed by atoms with Gasteiger partial charge in [0.15, 0.2) is 0 Å². The Morgan fingerprint density at radius 3 is 2.55 bits per heavy atom. The predicted molar refractivity (Wildman–Crippen MR) is 44.1 cm³/mol. The highest BCUT2D eigenvalue weighted by atomic mass is 35.7. The van der Waals surface area contributed by atoms with Crippen LogP contribution in [0.25, 0.3) is 0 Å². The summed E-state index contributed by atoms with van der Waals surface area (Å²) in [5.74, 6) is 0.388. The molecule has 0 spiro atoms. The van der Waals surface area contributed by atoms with Gasteiger partial charge >= 0.3 is 0 Å². The summed E-state index contributed by atoms with van der Waals surface area (Å²) < 4.78 is 21.8. The highest BCUT2D eigenvalue weighted by molar-refractivity contribution is 8.15. The van der Waals surface area contributed by atoms with E-state index in [-0.39, 0.29) is 0 Å². The minimum atomic E-state index is -3.28. The van der Waals surface area contributed by atoms with Gasteiger partial charge in [-0.25, -0.2) is 8.42 Å². The molecule has 0 amide bonds. The quantitative estimate of drug-likeness (QED) is 0.598. The largest absolute Gasteiger partial charge is 0.238 e. The molecule has 0 aromatic carbocycles. The monoisotopic (exact) mass is 194 g/mol. The van der Waals surface area contributed by atoms with Gasteiger partial charge in [0.1, 0.15) is 0 Å². The summed E-state index contributed by atoms with van der Waals surface area (Å²) in [6, 6.07) is 0. The van der Waals surface area contributed by atoms with Crippen LogP contribution in [0.3, 0.4) is 0 Å². The third-order valence-corrected chi connectivity index (χ3v) is 5.66. The Labute approximate surface area is 71.3 Å². The first-order chi connectivity index (χ1) is 5.06. The van der Waals surface area contributed by atoms with E-state index in [4.69, 9.17) is 10.7 Å². The van der Waals surface area contributed by atoms with Crippen LogP contribution >= 0.6 is 10.7 Å². The van der Waals surface area contributed by atoms with Crippen molar-refractivity contribution in [2.75, 3.05) is 0 Å². The Bertz CT molecular complexity index is 272. The van der Waals surface area contributed by atoms with Crippen LogP contribution in [0.4, 0.5) is 0 Å². The van der Waals surface area contributed by atoms with E-state index in [1.165, 1.54) is 6.42 Å². The highest BCUT2D eigenvalue weighted by Crippen LogP contribution is 2.59. The molecule has 64 valence electrons. The molecule has 4 heteroatoms. The number of halogens is 1. The molecule has 2 rings (SSSR count). The molecule has 2 fully saturated rings. The van der Waals surface area contributed by atoms with Gasteiger partial charge in [0.25, 0.3) is 0 Å². The Kier molecular flexibility index (Phi) is 1.53. The topological polar surface area (TPSA) is 34.1 Å². The van der Waals surface area contributed by atoms with E-state index >= 15 is 0 Å². The van der Waals surface area contributed by atoms with Crippen LogP contribution in [0.2, 0.25) is 0 Å². The summed E-state index contributed by atoms with van der Waals surface area (Å²) in [5.41, 5.74) is 0. The second kappa shape index (κ2) is 2.13. The molecule has 2 aliphatic carbocycles. The average molecular weight is 195 g/mol. The van der Waals surface area contributed by atoms with Crippen LogP contribution in [-0.4, -0.2) is 13.2 Å². The lowest BCUT2D eigenvalue weighted by molar-refractivity contribution is 0.480. The van der Waals surface area contributed by atoms with Gasteiger partial charge in [0.2, 0.25) is 9.05 Å². The van der Waals surface area contributed by atoms with Crippen molar-refractivity contribution in [3.63, 3.8) is 0 Å². The smallest absolute Gasteiger partial charge is 0.212 e. The standard InChI is InChI=1S/C7H11ClO2S/c8-11(9,10)7-4-2-1-3-6(7)5-7/h6H,1-5H2/t6-,7+/m0/s1. The van der Waals surface area contributed by atoms with Crippen molar-refractivity contribution in [1.29, 1.82) is 0 Å². The zero-order valence-electron chi connectivity index (χ0n) is 6.22. The first kappa shape index (κ1) is 7.87. The molecule has 2 saturated carbocycles. The molecular formula is C7H11ClO2S. The molecule has 2 aliphatic rings. The average Bonchev–Trinajstić information content (AvgIpc) is 2.59. The molecule has 0 heterocycles. The van der Waals surface area contributed by atoms with Crippen molar-refractivity contribution < 1.29 is 8.42 Å². The van der Waals surface area contributed by atoms with E-state index in [0.29, 0.717) is 5.92 Å². The minimum Gasteiger partial charge on any atom is -0.212 e. The Balaban J connectivity index is 2.27. The Morgan fingerprint density at radius 2 is 2.09 bits per heavy atom. The van der Waals surface area contributed by atoms with Crippen molar-refractivity contribution in [3.05, 3.63) is 0 Å². The maximum Gasteiger partial charge on any atom is 0.238 e. The van der Waals surface area contributed by atoms with Crippen LogP contribution in [0.5, 0.6) is 0 Å². The lowest BCUT2D eigenvalue weighted by Crippen LogP contribution is -2.23. The molecule has 0 unspecified atom stereocenters. The summed E-state index contributed by atoms with van der Waals surface area (Å²) in [7, 11) is 2.09. The van der Waals surface area contributed by atoms with Crippen molar-refractivity contribution in [2.24, 2.45) is 5.92 Å². The van der Waals surface area contributed by atoms with E-state index in [2.05, 4.69) is 0 Å². The molecular weight excluding hydrogens is 184 g/mol. The molecule has 2 atom stereocenters. The first-order valence-electron chi connectivity index (χ1n) is 4.00. The van der Waals surface area contributed by atoms with Crippen molar-refractivity contribution in [1.82, 2.24) is 0 Å². The second-order valence-corrected chi connectivity index (χ2v) is 6.56. The molecule has 0 bridgehead atoms. The van der Waals surface area contributed by atoms with E-state index in [0.717, 1.165) is 25.7 Å². The molecule has 0 radical (unpaired) electrons. The summed E-state index contributed by atoms with van der Waals surface area (Å²) in [6.45, 7) is 0. The van der Waals surface area contributed by atoms with Crippen LogP contribution in [-0.2, 0) is 9.05 Å². The summed E-state index contributed by atoms with van der Waals surface area (Å²) in [5, 5.41) is 0. The number of hydrogen-bond donors (Lipinski definition) is 0. The van der Waals surface area contributed by atoms with Crippen LogP contribution < -0.4 is 0 Å². The van der Waals surface area contributed by atoms with Crippen LogP contribution in [0, 0.1) is 5.92 Å². The Hall–Kier alpha value is 0.240. The Morgan fingerprint density at radius 1 is 1.36 bits per heavy atom. The van der Waals surface area contributed by atoms with Gasteiger partial charge in [0, 0.05) is 10.7 Å². The van der Waals surface area contributed by atoms with Crippen molar-refractivity contribution in [3.8, 4) is 0 Å². The molecule has 0 saturated heterocycles. The summed E-state index contributed by atoms with van der Waals surface area (Å²) >= 11 is 0. The fourth-order valence-electron chi connectivity index (χ4n) is 2.26. The van der Waals surface area contributed by atoms with Gasteiger partial charge < -0.3 is 0 Å². The normalized spacial score (nSPS) is 43.2. The van der Waals surface area contributed by atoms with Gasteiger partial charge in [-0.15, -0.1) is 0 Å². The number of hydrogen-bond acceptors (Lipinski definition) is 2. The fraction of sp³-hybridized carbons (Fsp3) is 1.00. The summed E-state index contributed by atoms with van der Waals surface area (Å²) in [4.78, 5) is 0. The van der Waals surface area contributed by atoms with Gasteiger partial charge in [-0.05, 0) is 25.2 Å². The van der Waals surface area contributed by atoms with Gasteiger partial charge in [0.05, 0.1) is 4.75 Å². The predicted octanol–water partition coefficient (Wildman–Crippen LogP) is 1.89.